The van der Waals surface area contributed by atoms with Gasteiger partial charge in [0.05, 0.1) is 37.5 Å². The Labute approximate surface area is 127 Å². The van der Waals surface area contributed by atoms with Crippen LogP contribution in [0, 0.1) is 33.5 Å². The van der Waals surface area contributed by atoms with Crippen LogP contribution in [0.1, 0.15) is 25.5 Å². The first-order chi connectivity index (χ1) is 10.6. The second-order valence-corrected chi connectivity index (χ2v) is 5.31. The minimum atomic E-state index is -1.46. The van der Waals surface area contributed by atoms with Gasteiger partial charge >= 0.3 is 5.91 Å². The third-order valence-electron chi connectivity index (χ3n) is 4.52. The van der Waals surface area contributed by atoms with Crippen molar-refractivity contribution in [3.8, 4) is 12.1 Å². The normalized spacial score (nSPS) is 34.4. The lowest BCUT2D eigenvalue weighted by Gasteiger charge is -2.29. The van der Waals surface area contributed by atoms with Gasteiger partial charge in [0.25, 0.3) is 5.84 Å². The highest BCUT2D eigenvalue weighted by atomic mass is 16.7. The van der Waals surface area contributed by atoms with Gasteiger partial charge in [0, 0.05) is 0 Å². The molecule has 0 amide bonds. The number of nitrogens with one attached hydrogen (secondary N) is 1. The molecular formula is C15H17N4O3+. The van der Waals surface area contributed by atoms with Crippen molar-refractivity contribution in [1.29, 1.82) is 10.5 Å². The lowest BCUT2D eigenvalue weighted by Crippen LogP contribution is -2.91. The second-order valence-electron chi connectivity index (χ2n) is 5.31. The summed E-state index contributed by atoms with van der Waals surface area (Å²) in [5.74, 6) is -1.29. The van der Waals surface area contributed by atoms with Crippen molar-refractivity contribution in [2.24, 2.45) is 16.6 Å². The number of amidine groups is 1. The van der Waals surface area contributed by atoms with Gasteiger partial charge in [0.15, 0.2) is 10.8 Å². The van der Waals surface area contributed by atoms with Crippen molar-refractivity contribution >= 4 is 5.84 Å². The fourth-order valence-electron chi connectivity index (χ4n) is 3.74. The first kappa shape index (κ1) is 14.6. The van der Waals surface area contributed by atoms with Crippen LogP contribution in [-0.4, -0.2) is 25.0 Å². The Morgan fingerprint density at radius 1 is 1.32 bits per heavy atom. The van der Waals surface area contributed by atoms with Crippen LogP contribution >= 0.6 is 0 Å². The summed E-state index contributed by atoms with van der Waals surface area (Å²) in [6, 6.07) is 7.89. The molecule has 7 heteroatoms. The molecule has 0 saturated heterocycles. The van der Waals surface area contributed by atoms with Gasteiger partial charge in [-0.25, -0.2) is 4.99 Å². The second kappa shape index (κ2) is 4.57. The Morgan fingerprint density at radius 2 is 2.00 bits per heavy atom. The molecule has 0 bridgehead atoms. The Bertz CT molecular complexity index is 693. The number of nitrogens with two attached hydrogens (primary N) is 1. The Morgan fingerprint density at radius 3 is 2.45 bits per heavy atom. The smallest absolute Gasteiger partial charge is 0.343 e. The van der Waals surface area contributed by atoms with E-state index in [-0.39, 0.29) is 5.84 Å². The Kier molecular flexibility index (Phi) is 3.03. The first-order valence-corrected chi connectivity index (χ1v) is 7.15. The molecule has 1 aromatic heterocycles. The minimum absolute atomic E-state index is 0.180. The van der Waals surface area contributed by atoms with Crippen LogP contribution in [-0.2, 0) is 9.47 Å². The molecule has 2 aliphatic rings. The molecular weight excluding hydrogens is 284 g/mol. The molecule has 2 heterocycles. The standard InChI is InChI=1S/C15H16N4O3/c1-3-21-15(22-4-2)14(9-17)11(10-6-5-7-20-10)13(14,8-16)12(18)19-15/h5-7,11H,3-4H2,1-2H3,(H2,18,19)/p+1/t11-,13+,14+/m0/s1. The SMILES string of the molecule is CCOC1(OCC)[NH+]=C(N)[C@@]2(C#N)[C@H](c3ccco3)[C@@]12C#N. The number of nitrogens with zero attached hydrogens (tertiary/aromatic N) is 2. The number of fused-ring (bicyclic) bond motifs is 1. The fourth-order valence-corrected chi connectivity index (χ4v) is 3.74. The molecule has 1 aliphatic heterocycles. The number of furan rings is 1. The summed E-state index contributed by atoms with van der Waals surface area (Å²) in [4.78, 5) is 2.91. The van der Waals surface area contributed by atoms with Crippen molar-refractivity contribution in [3.05, 3.63) is 24.2 Å². The highest BCUT2D eigenvalue weighted by Gasteiger charge is 2.98. The molecule has 0 aromatic carbocycles. The van der Waals surface area contributed by atoms with Crippen molar-refractivity contribution in [3.63, 3.8) is 0 Å². The van der Waals surface area contributed by atoms with E-state index in [1.807, 2.05) is 0 Å². The molecule has 0 radical (unpaired) electrons. The third kappa shape index (κ3) is 1.29. The number of nitriles is 2. The van der Waals surface area contributed by atoms with E-state index in [9.17, 15) is 10.5 Å². The van der Waals surface area contributed by atoms with Gasteiger partial charge in [-0.15, -0.1) is 0 Å². The topological polar surface area (TPSA) is 119 Å². The summed E-state index contributed by atoms with van der Waals surface area (Å²) in [5, 5.41) is 19.7. The number of hydrogen-bond donors (Lipinski definition) is 2. The van der Waals surface area contributed by atoms with E-state index in [1.54, 1.807) is 26.0 Å². The lowest BCUT2D eigenvalue weighted by atomic mass is 9.93. The van der Waals surface area contributed by atoms with E-state index >= 15 is 0 Å². The maximum absolute atomic E-state index is 9.93. The Hall–Kier alpha value is -2.35. The summed E-state index contributed by atoms with van der Waals surface area (Å²) >= 11 is 0. The summed E-state index contributed by atoms with van der Waals surface area (Å²) in [6.07, 6.45) is 1.51. The summed E-state index contributed by atoms with van der Waals surface area (Å²) < 4.78 is 16.9. The predicted octanol–water partition coefficient (Wildman–Crippen LogP) is -0.425. The van der Waals surface area contributed by atoms with Crippen LogP contribution in [0.3, 0.4) is 0 Å². The van der Waals surface area contributed by atoms with E-state index in [0.717, 1.165) is 0 Å². The number of hydrogen-bond acceptors (Lipinski definition) is 6. The predicted molar refractivity (Wildman–Crippen MR) is 73.7 cm³/mol. The van der Waals surface area contributed by atoms with Crippen molar-refractivity contribution in [2.45, 2.75) is 25.7 Å². The lowest BCUT2D eigenvalue weighted by molar-refractivity contribution is -0.693. The number of rotatable bonds is 5. The van der Waals surface area contributed by atoms with E-state index in [0.29, 0.717) is 19.0 Å². The molecule has 1 saturated carbocycles. The van der Waals surface area contributed by atoms with Gasteiger partial charge in [0.2, 0.25) is 0 Å². The van der Waals surface area contributed by atoms with Crippen LogP contribution in [0.2, 0.25) is 0 Å². The molecule has 3 N–H and O–H groups in total. The first-order valence-electron chi connectivity index (χ1n) is 7.15. The maximum atomic E-state index is 9.93. The van der Waals surface area contributed by atoms with Crippen LogP contribution in [0.4, 0.5) is 0 Å². The molecule has 1 aliphatic carbocycles. The largest absolute Gasteiger partial charge is 0.469 e. The molecule has 3 atom stereocenters. The molecule has 0 spiro atoms. The van der Waals surface area contributed by atoms with E-state index in [2.05, 4.69) is 17.1 Å². The summed E-state index contributed by atoms with van der Waals surface area (Å²) in [5.41, 5.74) is 3.57. The molecule has 114 valence electrons. The maximum Gasteiger partial charge on any atom is 0.343 e. The minimum Gasteiger partial charge on any atom is -0.469 e. The van der Waals surface area contributed by atoms with Gasteiger partial charge in [-0.1, -0.05) is 0 Å². The average Bonchev–Trinajstić information content (AvgIpc) is 2.78. The zero-order chi connectivity index (χ0) is 16.0. The van der Waals surface area contributed by atoms with Gasteiger partial charge in [-0.05, 0) is 26.0 Å². The molecule has 22 heavy (non-hydrogen) atoms. The zero-order valence-electron chi connectivity index (χ0n) is 12.4. The van der Waals surface area contributed by atoms with E-state index in [1.165, 1.54) is 6.26 Å². The monoisotopic (exact) mass is 301 g/mol. The van der Waals surface area contributed by atoms with Gasteiger partial charge in [-0.3, -0.25) is 5.73 Å². The summed E-state index contributed by atoms with van der Waals surface area (Å²) in [6.45, 7) is 4.19. The van der Waals surface area contributed by atoms with Gasteiger partial charge in [-0.2, -0.15) is 10.5 Å². The quantitative estimate of drug-likeness (QED) is 0.713. The molecule has 3 rings (SSSR count). The van der Waals surface area contributed by atoms with E-state index < -0.39 is 22.7 Å². The zero-order valence-corrected chi connectivity index (χ0v) is 12.4. The average molecular weight is 301 g/mol. The van der Waals surface area contributed by atoms with Crippen LogP contribution in [0.25, 0.3) is 0 Å². The third-order valence-corrected chi connectivity index (χ3v) is 4.52. The molecule has 1 aromatic rings. The van der Waals surface area contributed by atoms with Gasteiger partial charge in [0.1, 0.15) is 5.76 Å². The molecule has 0 unspecified atom stereocenters. The summed E-state index contributed by atoms with van der Waals surface area (Å²) in [7, 11) is 0. The highest BCUT2D eigenvalue weighted by Crippen LogP contribution is 2.78. The van der Waals surface area contributed by atoms with Crippen LogP contribution < -0.4 is 10.7 Å². The van der Waals surface area contributed by atoms with Crippen molar-refractivity contribution < 1.29 is 18.9 Å². The molecule has 7 nitrogen and oxygen atoms in total. The van der Waals surface area contributed by atoms with Crippen LogP contribution in [0.15, 0.2) is 22.8 Å². The van der Waals surface area contributed by atoms with E-state index in [4.69, 9.17) is 19.6 Å². The van der Waals surface area contributed by atoms with Crippen molar-refractivity contribution in [1.82, 2.24) is 0 Å². The van der Waals surface area contributed by atoms with Crippen molar-refractivity contribution in [2.75, 3.05) is 13.2 Å². The fraction of sp³-hybridized carbons (Fsp3) is 0.533. The highest BCUT2D eigenvalue weighted by molar-refractivity contribution is 5.95. The van der Waals surface area contributed by atoms with Gasteiger partial charge < -0.3 is 13.9 Å². The molecule has 1 fully saturated rings. The Balaban J connectivity index is 2.22. The number of ether oxygens (including phenoxy) is 2. The van der Waals surface area contributed by atoms with Crippen LogP contribution in [0.5, 0.6) is 0 Å².